The first kappa shape index (κ1) is 12.9. The molecule has 0 spiro atoms. The maximum Gasteiger partial charge on any atom is 0.307 e. The largest absolute Gasteiger partial charge is 0.481 e. The third-order valence-electron chi connectivity index (χ3n) is 2.22. The van der Waals surface area contributed by atoms with Gasteiger partial charge in [0.05, 0.1) is 12.5 Å². The molecule has 3 N–H and O–H groups in total. The molecule has 0 radical (unpaired) electrons. The fourth-order valence-corrected chi connectivity index (χ4v) is 0.861. The molecule has 0 aromatic carbocycles. The molecular formula is C9H17NO4. The van der Waals surface area contributed by atoms with Gasteiger partial charge >= 0.3 is 5.97 Å². The van der Waals surface area contributed by atoms with E-state index in [9.17, 15) is 9.59 Å². The second kappa shape index (κ2) is 5.59. The van der Waals surface area contributed by atoms with Gasteiger partial charge in [-0.2, -0.15) is 0 Å². The van der Waals surface area contributed by atoms with Gasteiger partial charge in [0, 0.05) is 12.0 Å². The maximum absolute atomic E-state index is 11.4. The Bertz CT molecular complexity index is 217. The molecule has 0 aliphatic carbocycles. The van der Waals surface area contributed by atoms with Crippen LogP contribution >= 0.6 is 0 Å². The normalized spacial score (nSPS) is 16.9. The molecule has 0 saturated heterocycles. The number of carboxylic acid groups (broad SMARTS) is 1. The van der Waals surface area contributed by atoms with Gasteiger partial charge in [0.2, 0.25) is 5.91 Å². The SMILES string of the molecule is CC(C(=O)O)C(C)C(=O)N[C@H](C)CO. The number of nitrogens with one attached hydrogen (secondary N) is 1. The van der Waals surface area contributed by atoms with E-state index in [0.717, 1.165) is 0 Å². The van der Waals surface area contributed by atoms with Crippen LogP contribution in [0, 0.1) is 11.8 Å². The molecule has 0 saturated carbocycles. The third kappa shape index (κ3) is 3.74. The number of rotatable bonds is 5. The summed E-state index contributed by atoms with van der Waals surface area (Å²) in [5, 5.41) is 19.9. The van der Waals surface area contributed by atoms with E-state index in [1.54, 1.807) is 13.8 Å². The highest BCUT2D eigenvalue weighted by atomic mass is 16.4. The third-order valence-corrected chi connectivity index (χ3v) is 2.22. The van der Waals surface area contributed by atoms with E-state index in [0.29, 0.717) is 0 Å². The number of amides is 1. The van der Waals surface area contributed by atoms with Crippen LogP contribution in [-0.4, -0.2) is 34.7 Å². The van der Waals surface area contributed by atoms with Gasteiger partial charge in [-0.3, -0.25) is 9.59 Å². The molecule has 0 aromatic rings. The second-order valence-electron chi connectivity index (χ2n) is 3.51. The molecule has 0 bridgehead atoms. The molecule has 0 heterocycles. The number of carbonyl (C=O) groups is 2. The maximum atomic E-state index is 11.4. The highest BCUT2D eigenvalue weighted by molar-refractivity contribution is 5.84. The summed E-state index contributed by atoms with van der Waals surface area (Å²) in [5.74, 6) is -2.66. The average molecular weight is 203 g/mol. The molecule has 14 heavy (non-hydrogen) atoms. The second-order valence-corrected chi connectivity index (χ2v) is 3.51. The minimum Gasteiger partial charge on any atom is -0.481 e. The van der Waals surface area contributed by atoms with Gasteiger partial charge in [-0.25, -0.2) is 0 Å². The molecule has 2 unspecified atom stereocenters. The van der Waals surface area contributed by atoms with Crippen molar-refractivity contribution in [1.82, 2.24) is 5.32 Å². The first-order valence-electron chi connectivity index (χ1n) is 4.54. The molecule has 5 heteroatoms. The van der Waals surface area contributed by atoms with Gasteiger partial charge in [-0.15, -0.1) is 0 Å². The molecular weight excluding hydrogens is 186 g/mol. The van der Waals surface area contributed by atoms with Crippen LogP contribution in [0.4, 0.5) is 0 Å². The summed E-state index contributed by atoms with van der Waals surface area (Å²) in [6.45, 7) is 4.53. The monoisotopic (exact) mass is 203 g/mol. The van der Waals surface area contributed by atoms with Gasteiger partial charge < -0.3 is 15.5 Å². The summed E-state index contributed by atoms with van der Waals surface area (Å²) in [7, 11) is 0. The van der Waals surface area contributed by atoms with Gasteiger partial charge in [-0.05, 0) is 6.92 Å². The van der Waals surface area contributed by atoms with Crippen LogP contribution in [0.1, 0.15) is 20.8 Å². The number of aliphatic hydroxyl groups excluding tert-OH is 1. The van der Waals surface area contributed by atoms with E-state index in [2.05, 4.69) is 5.32 Å². The predicted molar refractivity (Wildman–Crippen MR) is 50.7 cm³/mol. The Morgan fingerprint density at radius 1 is 1.21 bits per heavy atom. The fraction of sp³-hybridized carbons (Fsp3) is 0.778. The van der Waals surface area contributed by atoms with Crippen molar-refractivity contribution < 1.29 is 19.8 Å². The van der Waals surface area contributed by atoms with Gasteiger partial charge in [0.1, 0.15) is 0 Å². The zero-order valence-electron chi connectivity index (χ0n) is 8.65. The zero-order valence-corrected chi connectivity index (χ0v) is 8.65. The Labute approximate surface area is 83.1 Å². The van der Waals surface area contributed by atoms with Crippen molar-refractivity contribution in [3.05, 3.63) is 0 Å². The van der Waals surface area contributed by atoms with E-state index in [4.69, 9.17) is 10.2 Å². The molecule has 0 aromatic heterocycles. The smallest absolute Gasteiger partial charge is 0.307 e. The highest BCUT2D eigenvalue weighted by Gasteiger charge is 2.26. The number of aliphatic hydroxyl groups is 1. The van der Waals surface area contributed by atoms with Crippen molar-refractivity contribution in [1.29, 1.82) is 0 Å². The van der Waals surface area contributed by atoms with Crippen molar-refractivity contribution in [2.45, 2.75) is 26.8 Å². The topological polar surface area (TPSA) is 86.6 Å². The summed E-state index contributed by atoms with van der Waals surface area (Å²) in [5.41, 5.74) is 0. The highest BCUT2D eigenvalue weighted by Crippen LogP contribution is 2.11. The lowest BCUT2D eigenvalue weighted by atomic mass is 9.95. The Morgan fingerprint density at radius 2 is 1.71 bits per heavy atom. The van der Waals surface area contributed by atoms with E-state index >= 15 is 0 Å². The molecule has 5 nitrogen and oxygen atoms in total. The number of hydrogen-bond acceptors (Lipinski definition) is 3. The lowest BCUT2D eigenvalue weighted by molar-refractivity contribution is -0.146. The summed E-state index contributed by atoms with van der Waals surface area (Å²) in [6, 6.07) is -0.342. The van der Waals surface area contributed by atoms with Crippen molar-refractivity contribution in [2.75, 3.05) is 6.61 Å². The number of carbonyl (C=O) groups excluding carboxylic acids is 1. The molecule has 0 fully saturated rings. The van der Waals surface area contributed by atoms with E-state index in [1.807, 2.05) is 0 Å². The minimum atomic E-state index is -0.996. The molecule has 0 aliphatic heterocycles. The van der Waals surface area contributed by atoms with Crippen LogP contribution in [0.15, 0.2) is 0 Å². The van der Waals surface area contributed by atoms with Crippen LogP contribution in [0.5, 0.6) is 0 Å². The molecule has 1 amide bonds. The predicted octanol–water partition coefficient (Wildman–Crippen LogP) is -0.160. The fourth-order valence-electron chi connectivity index (χ4n) is 0.861. The Morgan fingerprint density at radius 3 is 2.07 bits per heavy atom. The van der Waals surface area contributed by atoms with Gasteiger partial charge in [0.15, 0.2) is 0 Å². The number of carboxylic acids is 1. The molecule has 3 atom stereocenters. The van der Waals surface area contributed by atoms with Crippen molar-refractivity contribution >= 4 is 11.9 Å². The first-order valence-corrected chi connectivity index (χ1v) is 4.54. The summed E-state index contributed by atoms with van der Waals surface area (Å²) in [4.78, 5) is 21.9. The van der Waals surface area contributed by atoms with Crippen LogP contribution in [0.3, 0.4) is 0 Å². The van der Waals surface area contributed by atoms with Gasteiger partial charge in [0.25, 0.3) is 0 Å². The average Bonchev–Trinajstić information content (AvgIpc) is 2.14. The van der Waals surface area contributed by atoms with Crippen LogP contribution < -0.4 is 5.32 Å². The standard InChI is InChI=1S/C9H17NO4/c1-5(4-11)10-8(12)6(2)7(3)9(13)14/h5-7,11H,4H2,1-3H3,(H,10,12)(H,13,14)/t5-,6?,7?/m1/s1. The Kier molecular flexibility index (Phi) is 5.15. The van der Waals surface area contributed by atoms with Crippen molar-refractivity contribution in [3.63, 3.8) is 0 Å². The number of aliphatic carboxylic acids is 1. The lowest BCUT2D eigenvalue weighted by Gasteiger charge is -2.18. The van der Waals surface area contributed by atoms with Crippen molar-refractivity contribution in [3.8, 4) is 0 Å². The van der Waals surface area contributed by atoms with Crippen LogP contribution in [0.2, 0.25) is 0 Å². The molecule has 0 aliphatic rings. The zero-order chi connectivity index (χ0) is 11.3. The summed E-state index contributed by atoms with van der Waals surface area (Å²) < 4.78 is 0. The Balaban J connectivity index is 4.18. The molecule has 0 rings (SSSR count). The quantitative estimate of drug-likeness (QED) is 0.579. The Hall–Kier alpha value is -1.10. The van der Waals surface area contributed by atoms with Crippen LogP contribution in [0.25, 0.3) is 0 Å². The van der Waals surface area contributed by atoms with E-state index in [1.165, 1.54) is 6.92 Å². The van der Waals surface area contributed by atoms with Gasteiger partial charge in [-0.1, -0.05) is 13.8 Å². The molecule has 82 valence electrons. The van der Waals surface area contributed by atoms with Crippen LogP contribution in [-0.2, 0) is 9.59 Å². The lowest BCUT2D eigenvalue weighted by Crippen LogP contribution is -2.41. The minimum absolute atomic E-state index is 0.153. The number of hydrogen-bond donors (Lipinski definition) is 3. The van der Waals surface area contributed by atoms with E-state index < -0.39 is 17.8 Å². The summed E-state index contributed by atoms with van der Waals surface area (Å²) in [6.07, 6.45) is 0. The summed E-state index contributed by atoms with van der Waals surface area (Å²) >= 11 is 0. The van der Waals surface area contributed by atoms with E-state index in [-0.39, 0.29) is 18.6 Å². The first-order chi connectivity index (χ1) is 6.40. The van der Waals surface area contributed by atoms with Crippen molar-refractivity contribution in [2.24, 2.45) is 11.8 Å².